The maximum absolute atomic E-state index is 15.9. The summed E-state index contributed by atoms with van der Waals surface area (Å²) < 4.78 is 110. The number of carbonyl (C=O) groups excluding carboxylic acids is 1. The number of hydrogen-bond acceptors (Lipinski definition) is 10. The van der Waals surface area contributed by atoms with Crippen molar-refractivity contribution in [1.29, 1.82) is 10.5 Å². The van der Waals surface area contributed by atoms with Crippen molar-refractivity contribution in [3.63, 3.8) is 0 Å². The second-order valence-corrected chi connectivity index (χ2v) is 16.8. The number of esters is 1. The molecule has 6 aromatic rings. The van der Waals surface area contributed by atoms with Gasteiger partial charge in [-0.1, -0.05) is 72.4 Å². The highest BCUT2D eigenvalue weighted by Gasteiger charge is 2.64. The maximum atomic E-state index is 15.9. The van der Waals surface area contributed by atoms with Gasteiger partial charge in [0.15, 0.2) is 0 Å². The van der Waals surface area contributed by atoms with Crippen molar-refractivity contribution in [2.45, 2.75) is 56.2 Å². The Morgan fingerprint density at radius 1 is 0.721 bits per heavy atom. The van der Waals surface area contributed by atoms with E-state index in [1.165, 1.54) is 38.2 Å². The van der Waals surface area contributed by atoms with Crippen LogP contribution in [0.15, 0.2) is 91.3 Å². The number of aliphatic hydroxyl groups is 1. The Bertz CT molecular complexity index is 3060. The van der Waals surface area contributed by atoms with Crippen LogP contribution in [0.3, 0.4) is 0 Å². The summed E-state index contributed by atoms with van der Waals surface area (Å²) in [5.74, 6) is -6.95. The van der Waals surface area contributed by atoms with Crippen LogP contribution in [0.4, 0.5) is 26.3 Å². The molecule has 3 aromatic carbocycles. The second kappa shape index (κ2) is 19.2. The van der Waals surface area contributed by atoms with Gasteiger partial charge in [0.05, 0.1) is 21.8 Å². The van der Waals surface area contributed by atoms with E-state index in [0.29, 0.717) is 0 Å². The average molecular weight is 1020 g/mol. The molecule has 3 heterocycles. The predicted octanol–water partition coefficient (Wildman–Crippen LogP) is 12.7. The number of benzene rings is 3. The monoisotopic (exact) mass is 1020 g/mol. The van der Waals surface area contributed by atoms with E-state index >= 15 is 13.2 Å². The number of hydrogen-bond donors (Lipinski definition) is 2. The molecule has 2 N–H and O–H groups in total. The normalized spacial score (nSPS) is 14.4. The van der Waals surface area contributed by atoms with Gasteiger partial charge in [0, 0.05) is 53.0 Å². The van der Waals surface area contributed by atoms with Gasteiger partial charge in [-0.15, -0.1) is 0 Å². The van der Waals surface area contributed by atoms with Crippen LogP contribution in [0.5, 0.6) is 23.1 Å². The van der Waals surface area contributed by atoms with Gasteiger partial charge in [0.25, 0.3) is 0 Å². The number of aromatic nitrogens is 3. The van der Waals surface area contributed by atoms with E-state index in [2.05, 4.69) is 9.97 Å². The Hall–Kier alpha value is -6.54. The molecule has 0 bridgehead atoms. The highest BCUT2D eigenvalue weighted by atomic mass is 35.5. The fourth-order valence-electron chi connectivity index (χ4n) is 7.46. The highest BCUT2D eigenvalue weighted by molar-refractivity contribution is 6.34. The molecule has 0 aliphatic carbocycles. The van der Waals surface area contributed by atoms with Crippen LogP contribution in [0.25, 0.3) is 0 Å². The molecule has 352 valence electrons. The van der Waals surface area contributed by atoms with Crippen molar-refractivity contribution in [3.8, 4) is 35.3 Å². The van der Waals surface area contributed by atoms with Crippen molar-refractivity contribution in [2.24, 2.45) is 7.05 Å². The quantitative estimate of drug-likeness (QED) is 0.0830. The van der Waals surface area contributed by atoms with Crippen molar-refractivity contribution in [2.75, 3.05) is 0 Å². The third-order valence-corrected chi connectivity index (χ3v) is 12.4. The molecule has 22 heteroatoms. The lowest BCUT2D eigenvalue weighted by molar-refractivity contribution is -0.276. The smallest absolute Gasteiger partial charge is 0.433 e. The van der Waals surface area contributed by atoms with Crippen LogP contribution in [0.1, 0.15) is 85.7 Å². The summed E-state index contributed by atoms with van der Waals surface area (Å²) in [5.41, 5.74) is -9.89. The molecule has 68 heavy (non-hydrogen) atoms. The van der Waals surface area contributed by atoms with Crippen molar-refractivity contribution in [3.05, 3.63) is 162 Å². The minimum atomic E-state index is -5.43. The lowest BCUT2D eigenvalue weighted by Gasteiger charge is -2.40. The number of carboxylic acid groups (broad SMARTS) is 1. The molecule has 3 aromatic heterocycles. The zero-order chi connectivity index (χ0) is 50.3. The van der Waals surface area contributed by atoms with E-state index in [1.54, 1.807) is 12.1 Å². The zero-order valence-electron chi connectivity index (χ0n) is 35.3. The van der Waals surface area contributed by atoms with E-state index in [1.807, 2.05) is 0 Å². The Morgan fingerprint density at radius 3 is 1.78 bits per heavy atom. The van der Waals surface area contributed by atoms with E-state index < -0.39 is 69.2 Å². The van der Waals surface area contributed by atoms with Crippen LogP contribution in [0.2, 0.25) is 20.1 Å². The first-order chi connectivity index (χ1) is 31.8. The molecule has 0 saturated carbocycles. The van der Waals surface area contributed by atoms with E-state index in [4.69, 9.17) is 60.6 Å². The van der Waals surface area contributed by atoms with Crippen molar-refractivity contribution >= 4 is 58.3 Å². The summed E-state index contributed by atoms with van der Waals surface area (Å²) in [6.07, 6.45) is -8.95. The van der Waals surface area contributed by atoms with Gasteiger partial charge in [-0.25, -0.2) is 19.6 Å². The predicted molar refractivity (Wildman–Crippen MR) is 234 cm³/mol. The molecule has 0 fully saturated rings. The first kappa shape index (κ1) is 50.9. The van der Waals surface area contributed by atoms with Gasteiger partial charge in [0.2, 0.25) is 17.1 Å². The van der Waals surface area contributed by atoms with Crippen LogP contribution >= 0.6 is 46.4 Å². The van der Waals surface area contributed by atoms with Gasteiger partial charge in [0.1, 0.15) is 45.8 Å². The number of carboxylic acids is 1. The first-order valence-electron chi connectivity index (χ1n) is 19.4. The summed E-state index contributed by atoms with van der Waals surface area (Å²) >= 11 is 25.7. The minimum absolute atomic E-state index is 0.0125. The summed E-state index contributed by atoms with van der Waals surface area (Å²) in [6.45, 7) is 3.52. The van der Waals surface area contributed by atoms with E-state index in [0.717, 1.165) is 85.4 Å². The number of aromatic carboxylic acids is 1. The zero-order valence-corrected chi connectivity index (χ0v) is 38.3. The number of aryl methyl sites for hydroxylation is 1. The lowest BCUT2D eigenvalue weighted by Crippen LogP contribution is -2.50. The van der Waals surface area contributed by atoms with Crippen LogP contribution < -0.4 is 9.47 Å². The standard InChI is InChI=1S/C46H31Cl4F6N5O7/c1-22-13-26(21-59-38(22)19-58)44(46(54,55)56,24(3)32-10-7-30(17-35(32)48)67-40-37(50)14-25(20-60-40)41(62)63)68-42(64)33-11-8-29(16-36(33)49)66-28-6-9-31(34(47)15-28)23(2)43(65,45(51,52)53)39-12-5-27(18-57)61(39)4/h5-17,20-21,23-24,65H,1-4H3,(H,62,63). The fraction of sp³-hybridized carbons (Fsp3) is 0.217. The first-order valence-corrected chi connectivity index (χ1v) is 21.0. The maximum Gasteiger partial charge on any atom is 0.433 e. The molecule has 12 nitrogen and oxygen atoms in total. The summed E-state index contributed by atoms with van der Waals surface area (Å²) in [7, 11) is 1.20. The van der Waals surface area contributed by atoms with Crippen LogP contribution in [-0.4, -0.2) is 49.0 Å². The molecular formula is C46H31Cl4F6N5O7. The summed E-state index contributed by atoms with van der Waals surface area (Å²) in [4.78, 5) is 33.1. The number of nitrogens with zero attached hydrogens (tertiary/aromatic N) is 5. The Morgan fingerprint density at radius 2 is 1.29 bits per heavy atom. The number of alkyl halides is 6. The fourth-order valence-corrected chi connectivity index (χ4v) is 8.58. The molecule has 0 aliphatic heterocycles. The Balaban J connectivity index is 1.32. The second-order valence-electron chi connectivity index (χ2n) is 15.1. The number of nitriles is 2. The SMILES string of the molecule is Cc1cc(C(OC(=O)c2ccc(Oc3ccc(C(C)C(O)(c4ccc(C#N)n4C)C(F)(F)F)c(Cl)c3)cc2Cl)(C(C)c2ccc(Oc3ncc(C(=O)O)cc3Cl)cc2Cl)C(F)(F)F)cnc1C#N. The summed E-state index contributed by atoms with van der Waals surface area (Å²) in [6, 6.07) is 18.0. The lowest BCUT2D eigenvalue weighted by atomic mass is 9.77. The molecule has 0 spiro atoms. The molecule has 0 radical (unpaired) electrons. The Labute approximate surface area is 402 Å². The van der Waals surface area contributed by atoms with Gasteiger partial charge in [-0.05, 0) is 84.3 Å². The van der Waals surface area contributed by atoms with Gasteiger partial charge < -0.3 is 29.0 Å². The number of halogens is 10. The largest absolute Gasteiger partial charge is 0.478 e. The molecule has 4 unspecified atom stereocenters. The molecule has 6 rings (SSSR count). The molecule has 0 aliphatic rings. The third kappa shape index (κ3) is 9.47. The highest BCUT2D eigenvalue weighted by Crippen LogP contribution is 2.54. The van der Waals surface area contributed by atoms with Gasteiger partial charge in [-0.3, -0.25) is 0 Å². The van der Waals surface area contributed by atoms with Crippen LogP contribution in [-0.2, 0) is 23.0 Å². The molecule has 0 amide bonds. The van der Waals surface area contributed by atoms with Crippen molar-refractivity contribution in [1.82, 2.24) is 14.5 Å². The van der Waals surface area contributed by atoms with E-state index in [-0.39, 0.29) is 71.8 Å². The van der Waals surface area contributed by atoms with Crippen LogP contribution in [0, 0.1) is 29.6 Å². The van der Waals surface area contributed by atoms with Crippen molar-refractivity contribution < 1.29 is 60.4 Å². The summed E-state index contributed by atoms with van der Waals surface area (Å²) in [5, 5.41) is 38.0. The molecule has 4 atom stereocenters. The minimum Gasteiger partial charge on any atom is -0.478 e. The van der Waals surface area contributed by atoms with E-state index in [9.17, 15) is 43.5 Å². The molecular weight excluding hydrogens is 990 g/mol. The number of rotatable bonds is 13. The third-order valence-electron chi connectivity index (χ3n) is 11.1. The van der Waals surface area contributed by atoms with Gasteiger partial charge in [-0.2, -0.15) is 36.9 Å². The Kier molecular flexibility index (Phi) is 14.4. The topological polar surface area (TPSA) is 181 Å². The van der Waals surface area contributed by atoms with Gasteiger partial charge >= 0.3 is 24.3 Å². The molecule has 0 saturated heterocycles. The number of pyridine rings is 2. The number of carbonyl (C=O) groups is 2. The average Bonchev–Trinajstić information content (AvgIpc) is 3.64. The number of ether oxygens (including phenoxy) is 3.